The average Bonchev–Trinajstić information content (AvgIpc) is 2.86. The maximum atomic E-state index is 12.2. The van der Waals surface area contributed by atoms with E-state index in [1.54, 1.807) is 6.20 Å². The van der Waals surface area contributed by atoms with Gasteiger partial charge in [-0.25, -0.2) is 4.98 Å². The van der Waals surface area contributed by atoms with E-state index in [0.717, 1.165) is 30.2 Å². The van der Waals surface area contributed by atoms with Crippen LogP contribution < -0.4 is 5.32 Å². The van der Waals surface area contributed by atoms with Gasteiger partial charge in [0.2, 0.25) is 5.28 Å². The fourth-order valence-corrected chi connectivity index (χ4v) is 3.43. The van der Waals surface area contributed by atoms with Crippen molar-refractivity contribution in [3.05, 3.63) is 16.0 Å². The number of ether oxygens (including phenoxy) is 1. The molecule has 0 atom stereocenters. The van der Waals surface area contributed by atoms with E-state index in [9.17, 15) is 4.79 Å². The van der Waals surface area contributed by atoms with Crippen molar-refractivity contribution in [2.24, 2.45) is 5.41 Å². The molecule has 1 aliphatic rings. The fraction of sp³-hybridized carbons (Fsp3) is 0.688. The summed E-state index contributed by atoms with van der Waals surface area (Å²) in [6.45, 7) is 6.34. The van der Waals surface area contributed by atoms with Crippen molar-refractivity contribution < 1.29 is 9.53 Å². The van der Waals surface area contributed by atoms with Gasteiger partial charge in [0.1, 0.15) is 11.4 Å². The number of nitrogens with zero attached hydrogens (tertiary/aromatic N) is 2. The van der Waals surface area contributed by atoms with Crippen molar-refractivity contribution in [1.29, 1.82) is 0 Å². The summed E-state index contributed by atoms with van der Waals surface area (Å²) >= 11 is 9.26. The summed E-state index contributed by atoms with van der Waals surface area (Å²) in [4.78, 5) is 20.3. The SMILES string of the molecule is CC(C)(C)OC(=O)CC1(CNc2nc(Cl)ncc2Br)CCCC1. The number of rotatable bonds is 5. The summed E-state index contributed by atoms with van der Waals surface area (Å²) in [5.41, 5.74) is -0.535. The van der Waals surface area contributed by atoms with Crippen LogP contribution in [0.25, 0.3) is 0 Å². The van der Waals surface area contributed by atoms with E-state index in [1.165, 1.54) is 0 Å². The predicted octanol–water partition coefficient (Wildman–Crippen LogP) is 4.60. The van der Waals surface area contributed by atoms with E-state index in [1.807, 2.05) is 20.8 Å². The van der Waals surface area contributed by atoms with Crippen LogP contribution in [0.3, 0.4) is 0 Å². The first-order valence-electron chi connectivity index (χ1n) is 7.83. The molecule has 7 heteroatoms. The number of carbonyl (C=O) groups excluding carboxylic acids is 1. The van der Waals surface area contributed by atoms with Gasteiger partial charge < -0.3 is 10.1 Å². The third-order valence-electron chi connectivity index (χ3n) is 3.95. The number of anilines is 1. The molecule has 5 nitrogen and oxygen atoms in total. The monoisotopic (exact) mass is 403 g/mol. The largest absolute Gasteiger partial charge is 0.460 e. The van der Waals surface area contributed by atoms with Gasteiger partial charge >= 0.3 is 5.97 Å². The summed E-state index contributed by atoms with van der Waals surface area (Å²) in [7, 11) is 0. The van der Waals surface area contributed by atoms with Crippen molar-refractivity contribution >= 4 is 39.3 Å². The zero-order chi connectivity index (χ0) is 17.1. The standard InChI is InChI=1S/C16H23BrClN3O2/c1-15(2,3)23-12(22)8-16(6-4-5-7-16)10-20-13-11(17)9-19-14(18)21-13/h9H,4-8,10H2,1-3H3,(H,19,20,21). The van der Waals surface area contributed by atoms with Crippen molar-refractivity contribution in [2.75, 3.05) is 11.9 Å². The Balaban J connectivity index is 2.03. The molecule has 0 unspecified atom stereocenters. The Labute approximate surface area is 150 Å². The first-order chi connectivity index (χ1) is 10.7. The van der Waals surface area contributed by atoms with E-state index in [-0.39, 0.29) is 16.7 Å². The fourth-order valence-electron chi connectivity index (χ4n) is 2.97. The molecular formula is C16H23BrClN3O2. The summed E-state index contributed by atoms with van der Waals surface area (Å²) in [5, 5.41) is 3.51. The lowest BCUT2D eigenvalue weighted by atomic mass is 9.82. The van der Waals surface area contributed by atoms with Crippen molar-refractivity contribution in [3.8, 4) is 0 Å². The molecule has 0 spiro atoms. The van der Waals surface area contributed by atoms with Crippen LogP contribution in [0.2, 0.25) is 5.28 Å². The summed E-state index contributed by atoms with van der Waals surface area (Å²) in [6, 6.07) is 0. The van der Waals surface area contributed by atoms with E-state index in [0.29, 0.717) is 18.8 Å². The van der Waals surface area contributed by atoms with E-state index in [2.05, 4.69) is 31.2 Å². The normalized spacial score (nSPS) is 17.1. The molecular weight excluding hydrogens is 382 g/mol. The van der Waals surface area contributed by atoms with E-state index >= 15 is 0 Å². The predicted molar refractivity (Wildman–Crippen MR) is 94.6 cm³/mol. The number of carbonyl (C=O) groups is 1. The van der Waals surface area contributed by atoms with Gasteiger partial charge in [-0.1, -0.05) is 12.8 Å². The highest BCUT2D eigenvalue weighted by Gasteiger charge is 2.37. The van der Waals surface area contributed by atoms with Crippen LogP contribution in [0.15, 0.2) is 10.7 Å². The Morgan fingerprint density at radius 3 is 2.70 bits per heavy atom. The smallest absolute Gasteiger partial charge is 0.306 e. The third-order valence-corrected chi connectivity index (χ3v) is 4.71. The minimum absolute atomic E-state index is 0.0841. The Hall–Kier alpha value is -0.880. The first kappa shape index (κ1) is 18.5. The number of esters is 1. The summed E-state index contributed by atoms with van der Waals surface area (Å²) in [5.74, 6) is 0.515. The van der Waals surface area contributed by atoms with E-state index < -0.39 is 5.60 Å². The molecule has 1 fully saturated rings. The van der Waals surface area contributed by atoms with Gasteiger partial charge in [-0.3, -0.25) is 4.79 Å². The van der Waals surface area contributed by atoms with Gasteiger partial charge in [-0.2, -0.15) is 4.98 Å². The third kappa shape index (κ3) is 5.60. The van der Waals surface area contributed by atoms with Crippen LogP contribution in [-0.2, 0) is 9.53 Å². The second-order valence-electron chi connectivity index (χ2n) is 7.16. The van der Waals surface area contributed by atoms with Crippen LogP contribution in [-0.4, -0.2) is 28.1 Å². The zero-order valence-electron chi connectivity index (χ0n) is 13.8. The minimum Gasteiger partial charge on any atom is -0.460 e. The van der Waals surface area contributed by atoms with Gasteiger partial charge in [0.15, 0.2) is 0 Å². The molecule has 1 heterocycles. The van der Waals surface area contributed by atoms with Crippen molar-refractivity contribution in [1.82, 2.24) is 9.97 Å². The molecule has 1 aromatic rings. The lowest BCUT2D eigenvalue weighted by molar-refractivity contribution is -0.157. The molecule has 0 aromatic carbocycles. The first-order valence-corrected chi connectivity index (χ1v) is 9.00. The Morgan fingerprint density at radius 1 is 1.43 bits per heavy atom. The highest BCUT2D eigenvalue weighted by Crippen LogP contribution is 2.42. The van der Waals surface area contributed by atoms with Crippen LogP contribution in [0.1, 0.15) is 52.9 Å². The molecule has 0 saturated heterocycles. The maximum Gasteiger partial charge on any atom is 0.306 e. The average molecular weight is 405 g/mol. The van der Waals surface area contributed by atoms with Crippen LogP contribution in [0, 0.1) is 5.41 Å². The molecule has 0 radical (unpaired) electrons. The lowest BCUT2D eigenvalue weighted by Crippen LogP contribution is -2.33. The quantitative estimate of drug-likeness (QED) is 0.574. The Morgan fingerprint density at radius 2 is 2.09 bits per heavy atom. The molecule has 0 bridgehead atoms. The zero-order valence-corrected chi connectivity index (χ0v) is 16.1. The van der Waals surface area contributed by atoms with Crippen molar-refractivity contribution in [3.63, 3.8) is 0 Å². The van der Waals surface area contributed by atoms with Gasteiger partial charge in [0.25, 0.3) is 0 Å². The highest BCUT2D eigenvalue weighted by atomic mass is 79.9. The molecule has 1 aromatic heterocycles. The lowest BCUT2D eigenvalue weighted by Gasteiger charge is -2.30. The molecule has 1 N–H and O–H groups in total. The van der Waals surface area contributed by atoms with Crippen LogP contribution in [0.4, 0.5) is 5.82 Å². The van der Waals surface area contributed by atoms with E-state index in [4.69, 9.17) is 16.3 Å². The van der Waals surface area contributed by atoms with Gasteiger partial charge in [-0.05, 0) is 66.6 Å². The minimum atomic E-state index is -0.451. The summed E-state index contributed by atoms with van der Waals surface area (Å²) in [6.07, 6.45) is 6.33. The van der Waals surface area contributed by atoms with Gasteiger partial charge in [0.05, 0.1) is 10.9 Å². The number of halogens is 2. The molecule has 1 aliphatic carbocycles. The molecule has 0 aliphatic heterocycles. The van der Waals surface area contributed by atoms with Gasteiger partial charge in [0, 0.05) is 12.7 Å². The molecule has 1 saturated carbocycles. The maximum absolute atomic E-state index is 12.2. The Kier molecular flexibility index (Phi) is 5.89. The number of hydrogen-bond acceptors (Lipinski definition) is 5. The van der Waals surface area contributed by atoms with Gasteiger partial charge in [-0.15, -0.1) is 0 Å². The van der Waals surface area contributed by atoms with Crippen LogP contribution in [0.5, 0.6) is 0 Å². The summed E-state index contributed by atoms with van der Waals surface area (Å²) < 4.78 is 6.25. The number of aromatic nitrogens is 2. The molecule has 128 valence electrons. The molecule has 0 amide bonds. The number of hydrogen-bond donors (Lipinski definition) is 1. The highest BCUT2D eigenvalue weighted by molar-refractivity contribution is 9.10. The topological polar surface area (TPSA) is 64.1 Å². The second kappa shape index (κ2) is 7.34. The molecule has 23 heavy (non-hydrogen) atoms. The molecule has 2 rings (SSSR count). The second-order valence-corrected chi connectivity index (χ2v) is 8.35. The van der Waals surface area contributed by atoms with Crippen molar-refractivity contribution in [2.45, 2.75) is 58.5 Å². The van der Waals surface area contributed by atoms with Crippen LogP contribution >= 0.6 is 27.5 Å². The number of nitrogens with one attached hydrogen (secondary N) is 1. The Bertz CT molecular complexity index is 569.